The van der Waals surface area contributed by atoms with Crippen LogP contribution in [0, 0.1) is 0 Å². The van der Waals surface area contributed by atoms with Crippen molar-refractivity contribution in [3.8, 4) is 11.5 Å². The Morgan fingerprint density at radius 3 is 2.61 bits per heavy atom. The van der Waals surface area contributed by atoms with Crippen molar-refractivity contribution < 1.29 is 37.8 Å². The van der Waals surface area contributed by atoms with E-state index in [4.69, 9.17) is 19.6 Å². The van der Waals surface area contributed by atoms with Crippen molar-refractivity contribution in [2.75, 3.05) is 20.8 Å². The Labute approximate surface area is 180 Å². The van der Waals surface area contributed by atoms with E-state index in [-0.39, 0.29) is 29.6 Å². The number of nitrogens with two attached hydrogens (primary N) is 1. The minimum absolute atomic E-state index is 0.0225. The number of hydrogen-bond acceptors (Lipinski definition) is 9. The summed E-state index contributed by atoms with van der Waals surface area (Å²) in [6.45, 7) is -0.429. The van der Waals surface area contributed by atoms with Gasteiger partial charge in [0.15, 0.2) is 18.1 Å². The van der Waals surface area contributed by atoms with Gasteiger partial charge in [0.25, 0.3) is 17.1 Å². The average Bonchev–Trinajstić information content (AvgIpc) is 3.32. The molecule has 31 heavy (non-hydrogen) atoms. The fraction of sp³-hybridized carbons (Fsp3) is 0.200. The fourth-order valence-electron chi connectivity index (χ4n) is 2.66. The van der Waals surface area contributed by atoms with Crippen LogP contribution < -0.4 is 15.2 Å². The highest BCUT2D eigenvalue weighted by Crippen LogP contribution is 2.35. The zero-order valence-electron chi connectivity index (χ0n) is 16.6. The lowest BCUT2D eigenvalue weighted by Crippen LogP contribution is -2.27. The Hall–Kier alpha value is -3.73. The number of primary amides is 1. The van der Waals surface area contributed by atoms with Gasteiger partial charge in [-0.3, -0.25) is 19.3 Å². The molecule has 162 valence electrons. The smallest absolute Gasteiger partial charge is 0.373 e. The highest BCUT2D eigenvalue weighted by atomic mass is 32.2. The van der Waals surface area contributed by atoms with Crippen LogP contribution in [0.4, 0.5) is 4.79 Å². The third-order valence-electron chi connectivity index (χ3n) is 4.09. The molecular formula is C20H18N2O8S. The number of ether oxygens (including phenoxy) is 3. The van der Waals surface area contributed by atoms with Gasteiger partial charge in [-0.05, 0) is 47.7 Å². The highest BCUT2D eigenvalue weighted by Gasteiger charge is 2.35. The van der Waals surface area contributed by atoms with Gasteiger partial charge < -0.3 is 24.4 Å². The van der Waals surface area contributed by atoms with Gasteiger partial charge in [-0.25, -0.2) is 4.79 Å². The molecule has 0 bridgehead atoms. The summed E-state index contributed by atoms with van der Waals surface area (Å²) in [4.78, 5) is 48.6. The first-order valence-electron chi connectivity index (χ1n) is 8.84. The second-order valence-corrected chi connectivity index (χ2v) is 7.18. The molecule has 1 aromatic heterocycles. The van der Waals surface area contributed by atoms with E-state index in [9.17, 15) is 19.2 Å². The van der Waals surface area contributed by atoms with Crippen LogP contribution in [0.1, 0.15) is 21.9 Å². The molecule has 1 saturated heterocycles. The van der Waals surface area contributed by atoms with Gasteiger partial charge in [0, 0.05) is 0 Å². The summed E-state index contributed by atoms with van der Waals surface area (Å²) in [7, 11) is 2.65. The molecule has 2 heterocycles. The van der Waals surface area contributed by atoms with Crippen molar-refractivity contribution in [1.82, 2.24) is 4.90 Å². The zero-order valence-corrected chi connectivity index (χ0v) is 17.4. The van der Waals surface area contributed by atoms with Crippen molar-refractivity contribution in [2.24, 2.45) is 5.73 Å². The molecule has 10 nitrogen and oxygen atoms in total. The molecule has 0 aliphatic carbocycles. The largest absolute Gasteiger partial charge is 0.493 e. The second kappa shape index (κ2) is 9.39. The van der Waals surface area contributed by atoms with E-state index in [1.54, 1.807) is 18.2 Å². The number of esters is 1. The third kappa shape index (κ3) is 5.07. The monoisotopic (exact) mass is 446 g/mol. The van der Waals surface area contributed by atoms with Crippen molar-refractivity contribution in [1.29, 1.82) is 0 Å². The number of hydrogen-bond donors (Lipinski definition) is 1. The van der Waals surface area contributed by atoms with E-state index < -0.39 is 23.0 Å². The highest BCUT2D eigenvalue weighted by molar-refractivity contribution is 8.18. The van der Waals surface area contributed by atoms with E-state index in [1.807, 2.05) is 0 Å². The predicted molar refractivity (Wildman–Crippen MR) is 109 cm³/mol. The van der Waals surface area contributed by atoms with Gasteiger partial charge >= 0.3 is 5.97 Å². The molecular weight excluding hydrogens is 428 g/mol. The zero-order chi connectivity index (χ0) is 22.5. The normalized spacial score (nSPS) is 14.8. The van der Waals surface area contributed by atoms with Crippen molar-refractivity contribution >= 4 is 40.9 Å². The lowest BCUT2D eigenvalue weighted by Gasteiger charge is -2.11. The van der Waals surface area contributed by atoms with Gasteiger partial charge in [-0.2, -0.15) is 0 Å². The van der Waals surface area contributed by atoms with E-state index in [0.717, 1.165) is 16.7 Å². The molecule has 0 atom stereocenters. The summed E-state index contributed by atoms with van der Waals surface area (Å²) in [5, 5.41) is -0.472. The number of furan rings is 1. The maximum Gasteiger partial charge on any atom is 0.373 e. The number of carbonyl (C=O) groups excluding carboxylic acids is 4. The first-order valence-corrected chi connectivity index (χ1v) is 9.65. The lowest BCUT2D eigenvalue weighted by atomic mass is 10.2. The number of thioether (sulfide) groups is 1. The topological polar surface area (TPSA) is 138 Å². The van der Waals surface area contributed by atoms with Crippen LogP contribution in [0.2, 0.25) is 0 Å². The van der Waals surface area contributed by atoms with Crippen LogP contribution >= 0.6 is 11.8 Å². The predicted octanol–water partition coefficient (Wildman–Crippen LogP) is 2.18. The molecule has 0 unspecified atom stereocenters. The van der Waals surface area contributed by atoms with Crippen LogP contribution in [-0.2, 0) is 20.9 Å². The molecule has 1 fully saturated rings. The molecule has 0 spiro atoms. The van der Waals surface area contributed by atoms with E-state index in [2.05, 4.69) is 4.74 Å². The number of benzene rings is 1. The summed E-state index contributed by atoms with van der Waals surface area (Å²) in [5.41, 5.74) is 5.65. The van der Waals surface area contributed by atoms with Gasteiger partial charge in [-0.15, -0.1) is 0 Å². The minimum atomic E-state index is -0.655. The van der Waals surface area contributed by atoms with Gasteiger partial charge in [0.2, 0.25) is 5.76 Å². The molecule has 3 rings (SSSR count). The summed E-state index contributed by atoms with van der Waals surface area (Å²) >= 11 is 0.777. The summed E-state index contributed by atoms with van der Waals surface area (Å²) < 4.78 is 20.4. The second-order valence-electron chi connectivity index (χ2n) is 6.19. The minimum Gasteiger partial charge on any atom is -0.493 e. The van der Waals surface area contributed by atoms with Gasteiger partial charge in [0.1, 0.15) is 5.76 Å². The van der Waals surface area contributed by atoms with Crippen LogP contribution in [-0.4, -0.2) is 48.7 Å². The van der Waals surface area contributed by atoms with Gasteiger partial charge in [-0.1, -0.05) is 6.07 Å². The van der Waals surface area contributed by atoms with E-state index in [0.29, 0.717) is 17.1 Å². The Balaban J connectivity index is 1.76. The molecule has 1 aliphatic heterocycles. The van der Waals surface area contributed by atoms with Crippen LogP contribution in [0.3, 0.4) is 0 Å². The molecule has 0 saturated carbocycles. The Morgan fingerprint density at radius 1 is 1.16 bits per heavy atom. The SMILES string of the molecule is COC(=O)c1ccc(CN2C(=O)S/C(=C/c3ccc(OCC(N)=O)c(OC)c3)C2=O)o1. The molecule has 2 aromatic rings. The fourth-order valence-corrected chi connectivity index (χ4v) is 3.50. The maximum atomic E-state index is 12.7. The summed E-state index contributed by atoms with van der Waals surface area (Å²) in [6, 6.07) is 7.70. The Morgan fingerprint density at radius 2 is 1.94 bits per heavy atom. The Kier molecular flexibility index (Phi) is 6.65. The van der Waals surface area contributed by atoms with Crippen LogP contribution in [0.5, 0.6) is 11.5 Å². The van der Waals surface area contributed by atoms with Crippen molar-refractivity contribution in [3.63, 3.8) is 0 Å². The number of carbonyl (C=O) groups is 4. The van der Waals surface area contributed by atoms with Crippen molar-refractivity contribution in [2.45, 2.75) is 6.54 Å². The van der Waals surface area contributed by atoms with Crippen LogP contribution in [0.25, 0.3) is 6.08 Å². The molecule has 2 N–H and O–H groups in total. The number of imide groups is 1. The third-order valence-corrected chi connectivity index (χ3v) is 5.00. The Bertz CT molecular complexity index is 1070. The molecule has 1 aliphatic rings. The molecule has 11 heteroatoms. The number of rotatable bonds is 8. The number of amides is 3. The molecule has 1 aromatic carbocycles. The lowest BCUT2D eigenvalue weighted by molar-refractivity contribution is -0.123. The van der Waals surface area contributed by atoms with Crippen LogP contribution in [0.15, 0.2) is 39.7 Å². The van der Waals surface area contributed by atoms with Gasteiger partial charge in [0.05, 0.1) is 25.7 Å². The van der Waals surface area contributed by atoms with E-state index in [1.165, 1.54) is 32.4 Å². The number of nitrogens with zero attached hydrogens (tertiary/aromatic N) is 1. The molecule has 3 amide bonds. The average molecular weight is 446 g/mol. The quantitative estimate of drug-likeness (QED) is 0.477. The van der Waals surface area contributed by atoms with E-state index >= 15 is 0 Å². The first-order chi connectivity index (χ1) is 14.8. The summed E-state index contributed by atoms with van der Waals surface area (Å²) in [5.74, 6) is -0.898. The standard InChI is InChI=1S/C20H18N2O8S/c1-27-15-7-11(3-5-13(15)29-10-17(21)23)8-16-18(24)22(20(26)31-16)9-12-4-6-14(30-12)19(25)28-2/h3-8H,9-10H2,1-2H3,(H2,21,23)/b16-8+. The van der Waals surface area contributed by atoms with Crippen molar-refractivity contribution in [3.05, 3.63) is 52.3 Å². The molecule has 0 radical (unpaired) electrons. The maximum absolute atomic E-state index is 12.7. The summed E-state index contributed by atoms with van der Waals surface area (Å²) in [6.07, 6.45) is 1.54. The number of methoxy groups -OCH3 is 2. The first kappa shape index (κ1) is 22.0.